The minimum atomic E-state index is 0.320. The summed E-state index contributed by atoms with van der Waals surface area (Å²) < 4.78 is 5.87. The summed E-state index contributed by atoms with van der Waals surface area (Å²) in [5.74, 6) is 0. The smallest absolute Gasteiger partial charge is 0.0678 e. The van der Waals surface area contributed by atoms with Gasteiger partial charge in [0.15, 0.2) is 0 Å². The van der Waals surface area contributed by atoms with Crippen LogP contribution in [0.3, 0.4) is 0 Å². The number of hydrogen-bond donors (Lipinski definition) is 1. The van der Waals surface area contributed by atoms with Gasteiger partial charge in [-0.2, -0.15) is 0 Å². The minimum absolute atomic E-state index is 0.320. The molecule has 0 spiro atoms. The Bertz CT molecular complexity index is 385. The highest BCUT2D eigenvalue weighted by molar-refractivity contribution is 5.20. The number of nitrogens with zero attached hydrogens (tertiary/aromatic N) is 1. The van der Waals surface area contributed by atoms with Crippen LogP contribution in [-0.2, 0) is 4.74 Å². The Balaban J connectivity index is 2.17. The van der Waals surface area contributed by atoms with E-state index in [1.165, 1.54) is 5.56 Å². The number of benzene rings is 1. The van der Waals surface area contributed by atoms with Gasteiger partial charge >= 0.3 is 0 Å². The van der Waals surface area contributed by atoms with Crippen LogP contribution in [0.25, 0.3) is 0 Å². The molecule has 1 fully saturated rings. The van der Waals surface area contributed by atoms with Gasteiger partial charge < -0.3 is 10.1 Å². The molecule has 1 heterocycles. The van der Waals surface area contributed by atoms with Crippen molar-refractivity contribution in [1.29, 1.82) is 0 Å². The van der Waals surface area contributed by atoms with Gasteiger partial charge in [0, 0.05) is 25.2 Å². The van der Waals surface area contributed by atoms with Crippen LogP contribution >= 0.6 is 0 Å². The summed E-state index contributed by atoms with van der Waals surface area (Å²) in [4.78, 5) is 2.59. The lowest BCUT2D eigenvalue weighted by Gasteiger charge is -2.43. The average Bonchev–Trinajstić information content (AvgIpc) is 2.44. The molecule has 3 heteroatoms. The highest BCUT2D eigenvalue weighted by atomic mass is 16.5. The molecule has 1 aliphatic heterocycles. The number of nitrogens with one attached hydrogen (secondary N) is 1. The lowest BCUT2D eigenvalue weighted by molar-refractivity contribution is -0.0847. The molecular weight excluding hydrogens is 248 g/mol. The van der Waals surface area contributed by atoms with Crippen molar-refractivity contribution in [3.05, 3.63) is 35.9 Å². The maximum atomic E-state index is 5.87. The molecule has 1 aromatic rings. The molecule has 0 bridgehead atoms. The van der Waals surface area contributed by atoms with E-state index in [0.29, 0.717) is 24.3 Å². The maximum absolute atomic E-state index is 5.87. The monoisotopic (exact) mass is 276 g/mol. The van der Waals surface area contributed by atoms with Crippen LogP contribution in [0.5, 0.6) is 0 Å². The summed E-state index contributed by atoms with van der Waals surface area (Å²) in [7, 11) is 2.06. The van der Waals surface area contributed by atoms with Gasteiger partial charge in [0.2, 0.25) is 0 Å². The number of morpholine rings is 1. The van der Waals surface area contributed by atoms with E-state index in [9.17, 15) is 0 Å². The summed E-state index contributed by atoms with van der Waals surface area (Å²) in [5, 5.41) is 3.51. The number of ether oxygens (including phenoxy) is 1. The zero-order chi connectivity index (χ0) is 14.5. The van der Waals surface area contributed by atoms with Crippen molar-refractivity contribution in [2.75, 3.05) is 20.1 Å². The molecule has 2 rings (SSSR count). The van der Waals surface area contributed by atoms with Gasteiger partial charge in [-0.25, -0.2) is 0 Å². The van der Waals surface area contributed by atoms with E-state index in [2.05, 4.69) is 68.4 Å². The fourth-order valence-electron chi connectivity index (χ4n) is 3.43. The Morgan fingerprint density at radius 3 is 2.30 bits per heavy atom. The van der Waals surface area contributed by atoms with Crippen molar-refractivity contribution in [1.82, 2.24) is 10.2 Å². The Labute approximate surface area is 123 Å². The van der Waals surface area contributed by atoms with Crippen molar-refractivity contribution in [3.8, 4) is 0 Å². The second-order valence-corrected chi connectivity index (χ2v) is 5.86. The SMILES string of the molecule is CCC(C(NC)c1ccccc1)N1C[C@@H](C)O[C@@H](C)C1. The summed E-state index contributed by atoms with van der Waals surface area (Å²) in [5.41, 5.74) is 1.37. The summed E-state index contributed by atoms with van der Waals surface area (Å²) >= 11 is 0. The summed E-state index contributed by atoms with van der Waals surface area (Å²) in [6.07, 6.45) is 1.78. The molecule has 20 heavy (non-hydrogen) atoms. The van der Waals surface area contributed by atoms with Gasteiger partial charge in [-0.3, -0.25) is 4.90 Å². The molecule has 0 amide bonds. The van der Waals surface area contributed by atoms with Gasteiger partial charge in [-0.15, -0.1) is 0 Å². The lowest BCUT2D eigenvalue weighted by Crippen LogP contribution is -2.53. The van der Waals surface area contributed by atoms with Crippen LogP contribution in [0, 0.1) is 0 Å². The number of rotatable bonds is 5. The molecule has 1 saturated heterocycles. The zero-order valence-electron chi connectivity index (χ0n) is 13.2. The third kappa shape index (κ3) is 3.60. The van der Waals surface area contributed by atoms with Crippen LogP contribution < -0.4 is 5.32 Å². The molecule has 0 aliphatic carbocycles. The Morgan fingerprint density at radius 1 is 1.20 bits per heavy atom. The van der Waals surface area contributed by atoms with Gasteiger partial charge in [0.05, 0.1) is 12.2 Å². The molecule has 112 valence electrons. The standard InChI is InChI=1S/C17H28N2O/c1-5-16(19-11-13(2)20-14(3)12-19)17(18-4)15-9-7-6-8-10-15/h6-10,13-14,16-18H,5,11-12H2,1-4H3/t13-,14+,16?,17?. The second kappa shape index (κ2) is 7.21. The van der Waals surface area contributed by atoms with E-state index in [0.717, 1.165) is 19.5 Å². The van der Waals surface area contributed by atoms with Crippen LogP contribution in [0.1, 0.15) is 38.8 Å². The number of likely N-dealkylation sites (N-methyl/N-ethyl adjacent to an activating group) is 1. The van der Waals surface area contributed by atoms with E-state index in [1.807, 2.05) is 0 Å². The molecule has 0 radical (unpaired) electrons. The van der Waals surface area contributed by atoms with Gasteiger partial charge in [-0.1, -0.05) is 37.3 Å². The first-order valence-electron chi connectivity index (χ1n) is 7.77. The molecule has 0 saturated carbocycles. The molecule has 4 atom stereocenters. The predicted molar refractivity (Wildman–Crippen MR) is 83.9 cm³/mol. The van der Waals surface area contributed by atoms with E-state index < -0.39 is 0 Å². The first kappa shape index (κ1) is 15.5. The van der Waals surface area contributed by atoms with Crippen molar-refractivity contribution in [3.63, 3.8) is 0 Å². The van der Waals surface area contributed by atoms with Crippen LogP contribution in [0.4, 0.5) is 0 Å². The molecule has 1 aliphatic rings. The molecule has 2 unspecified atom stereocenters. The molecule has 1 aromatic carbocycles. The molecule has 3 nitrogen and oxygen atoms in total. The summed E-state index contributed by atoms with van der Waals surface area (Å²) in [6, 6.07) is 11.6. The normalized spacial score (nSPS) is 27.2. The lowest BCUT2D eigenvalue weighted by atomic mass is 9.95. The first-order chi connectivity index (χ1) is 9.65. The van der Waals surface area contributed by atoms with Gasteiger partial charge in [0.25, 0.3) is 0 Å². The van der Waals surface area contributed by atoms with Crippen LogP contribution in [-0.4, -0.2) is 43.3 Å². The highest BCUT2D eigenvalue weighted by Crippen LogP contribution is 2.26. The van der Waals surface area contributed by atoms with Gasteiger partial charge in [0.1, 0.15) is 0 Å². The van der Waals surface area contributed by atoms with Crippen molar-refractivity contribution in [2.24, 2.45) is 0 Å². The number of hydrogen-bond acceptors (Lipinski definition) is 3. The van der Waals surface area contributed by atoms with Gasteiger partial charge in [-0.05, 0) is 32.9 Å². The van der Waals surface area contributed by atoms with Crippen molar-refractivity contribution >= 4 is 0 Å². The second-order valence-electron chi connectivity index (χ2n) is 5.86. The van der Waals surface area contributed by atoms with Crippen molar-refractivity contribution < 1.29 is 4.74 Å². The van der Waals surface area contributed by atoms with E-state index in [4.69, 9.17) is 4.74 Å². The largest absolute Gasteiger partial charge is 0.373 e. The third-order valence-corrected chi connectivity index (χ3v) is 4.19. The summed E-state index contributed by atoms with van der Waals surface area (Å²) in [6.45, 7) is 8.67. The Hall–Kier alpha value is -0.900. The topological polar surface area (TPSA) is 24.5 Å². The fraction of sp³-hybridized carbons (Fsp3) is 0.647. The quantitative estimate of drug-likeness (QED) is 0.895. The average molecular weight is 276 g/mol. The first-order valence-corrected chi connectivity index (χ1v) is 7.77. The van der Waals surface area contributed by atoms with Crippen molar-refractivity contribution in [2.45, 2.75) is 51.5 Å². The van der Waals surface area contributed by atoms with Crippen LogP contribution in [0.15, 0.2) is 30.3 Å². The molecular formula is C17H28N2O. The molecule has 0 aromatic heterocycles. The minimum Gasteiger partial charge on any atom is -0.373 e. The van der Waals surface area contributed by atoms with E-state index in [1.54, 1.807) is 0 Å². The maximum Gasteiger partial charge on any atom is 0.0678 e. The van der Waals surface area contributed by atoms with Crippen LogP contribution in [0.2, 0.25) is 0 Å². The predicted octanol–water partition coefficient (Wildman–Crippen LogP) is 2.83. The highest BCUT2D eigenvalue weighted by Gasteiger charge is 2.31. The fourth-order valence-corrected chi connectivity index (χ4v) is 3.43. The third-order valence-electron chi connectivity index (χ3n) is 4.19. The zero-order valence-corrected chi connectivity index (χ0v) is 13.2. The van der Waals surface area contributed by atoms with E-state index >= 15 is 0 Å². The van der Waals surface area contributed by atoms with E-state index in [-0.39, 0.29) is 0 Å². The molecule has 1 N–H and O–H groups in total. The Morgan fingerprint density at radius 2 is 1.80 bits per heavy atom. The Kier molecular flexibility index (Phi) is 5.58.